The van der Waals surface area contributed by atoms with Gasteiger partial charge >= 0.3 is 0 Å². The van der Waals surface area contributed by atoms with E-state index in [2.05, 4.69) is 19.1 Å². The first-order chi connectivity index (χ1) is 12.5. The summed E-state index contributed by atoms with van der Waals surface area (Å²) in [7, 11) is 0. The normalized spacial score (nSPS) is 12.7. The van der Waals surface area contributed by atoms with Gasteiger partial charge in [0.25, 0.3) is 0 Å². The van der Waals surface area contributed by atoms with Crippen LogP contribution < -0.4 is 0 Å². The number of amides is 1. The van der Waals surface area contributed by atoms with Crippen molar-refractivity contribution in [2.75, 3.05) is 13.1 Å². The fourth-order valence-corrected chi connectivity index (χ4v) is 3.74. The minimum Gasteiger partial charge on any atom is -0.507 e. The van der Waals surface area contributed by atoms with Crippen molar-refractivity contribution >= 4 is 23.2 Å². The highest BCUT2D eigenvalue weighted by Gasteiger charge is 2.12. The molecule has 0 spiro atoms. The molecule has 0 aliphatic rings. The third-order valence-corrected chi connectivity index (χ3v) is 5.63. The topological polar surface area (TPSA) is 40.5 Å². The van der Waals surface area contributed by atoms with Crippen LogP contribution in [0.1, 0.15) is 44.1 Å². The first-order valence-electron chi connectivity index (χ1n) is 8.98. The van der Waals surface area contributed by atoms with Gasteiger partial charge in [-0.25, -0.2) is 0 Å². The Kier molecular flexibility index (Phi) is 7.34. The van der Waals surface area contributed by atoms with E-state index in [-0.39, 0.29) is 16.9 Å². The SMILES string of the molecule is CCN(CC)C(=O)C=C(C)c1ccc(SC(C)c2ccccc2)c(O)c1. The van der Waals surface area contributed by atoms with Crippen LogP contribution in [-0.4, -0.2) is 29.0 Å². The van der Waals surface area contributed by atoms with Crippen LogP contribution in [0.25, 0.3) is 5.57 Å². The van der Waals surface area contributed by atoms with Crippen LogP contribution in [0, 0.1) is 0 Å². The molecule has 3 nitrogen and oxygen atoms in total. The molecule has 2 rings (SSSR count). The zero-order chi connectivity index (χ0) is 19.1. The Bertz CT molecular complexity index is 767. The predicted octanol–water partition coefficient (Wildman–Crippen LogP) is 5.52. The molecule has 138 valence electrons. The molecule has 26 heavy (non-hydrogen) atoms. The number of hydrogen-bond donors (Lipinski definition) is 1. The summed E-state index contributed by atoms with van der Waals surface area (Å²) in [6.07, 6.45) is 1.64. The van der Waals surface area contributed by atoms with E-state index in [9.17, 15) is 9.90 Å². The molecule has 1 N–H and O–H groups in total. The molecule has 2 aromatic carbocycles. The van der Waals surface area contributed by atoms with Crippen molar-refractivity contribution in [3.8, 4) is 5.75 Å². The van der Waals surface area contributed by atoms with E-state index < -0.39 is 0 Å². The Morgan fingerprint density at radius 2 is 1.81 bits per heavy atom. The molecule has 1 amide bonds. The van der Waals surface area contributed by atoms with Gasteiger partial charge in [-0.1, -0.05) is 36.4 Å². The zero-order valence-corrected chi connectivity index (χ0v) is 16.7. The van der Waals surface area contributed by atoms with E-state index in [1.165, 1.54) is 5.56 Å². The third-order valence-electron chi connectivity index (χ3n) is 4.40. The number of allylic oxidation sites excluding steroid dienone is 1. The molecule has 0 fully saturated rings. The van der Waals surface area contributed by atoms with Crippen LogP contribution in [0.2, 0.25) is 0 Å². The Labute approximate surface area is 160 Å². The van der Waals surface area contributed by atoms with Crippen LogP contribution in [0.5, 0.6) is 5.75 Å². The number of carbonyl (C=O) groups is 1. The number of nitrogens with zero attached hydrogens (tertiary/aromatic N) is 1. The number of phenolic OH excluding ortho intramolecular Hbond substituents is 1. The smallest absolute Gasteiger partial charge is 0.246 e. The number of carbonyl (C=O) groups excluding carboxylic acids is 1. The van der Waals surface area contributed by atoms with E-state index in [4.69, 9.17) is 0 Å². The summed E-state index contributed by atoms with van der Waals surface area (Å²) >= 11 is 1.63. The number of likely N-dealkylation sites (N-methyl/N-ethyl adjacent to an activating group) is 1. The van der Waals surface area contributed by atoms with Crippen molar-refractivity contribution in [3.63, 3.8) is 0 Å². The molecular formula is C22H27NO2S. The Morgan fingerprint density at radius 3 is 2.38 bits per heavy atom. The van der Waals surface area contributed by atoms with Crippen LogP contribution in [0.4, 0.5) is 0 Å². The molecule has 0 aliphatic carbocycles. The molecule has 0 saturated heterocycles. The summed E-state index contributed by atoms with van der Waals surface area (Å²) in [6, 6.07) is 15.9. The van der Waals surface area contributed by atoms with Gasteiger partial charge in [0.05, 0.1) is 0 Å². The number of hydrogen-bond acceptors (Lipinski definition) is 3. The number of thioether (sulfide) groups is 1. The Balaban J connectivity index is 2.15. The number of benzene rings is 2. The summed E-state index contributed by atoms with van der Waals surface area (Å²) in [5.41, 5.74) is 2.94. The van der Waals surface area contributed by atoms with Crippen molar-refractivity contribution in [1.82, 2.24) is 4.90 Å². The lowest BCUT2D eigenvalue weighted by Crippen LogP contribution is -2.28. The third kappa shape index (κ3) is 5.15. The molecule has 1 unspecified atom stereocenters. The minimum atomic E-state index is 0.00291. The molecule has 0 bridgehead atoms. The Morgan fingerprint density at radius 1 is 1.15 bits per heavy atom. The lowest BCUT2D eigenvalue weighted by Gasteiger charge is -2.17. The van der Waals surface area contributed by atoms with Crippen LogP contribution in [-0.2, 0) is 4.79 Å². The van der Waals surface area contributed by atoms with Gasteiger partial charge < -0.3 is 10.0 Å². The maximum Gasteiger partial charge on any atom is 0.246 e. The summed E-state index contributed by atoms with van der Waals surface area (Å²) < 4.78 is 0. The largest absolute Gasteiger partial charge is 0.507 e. The summed E-state index contributed by atoms with van der Waals surface area (Å²) in [6.45, 7) is 9.35. The molecule has 2 aromatic rings. The second-order valence-corrected chi connectivity index (χ2v) is 7.57. The van der Waals surface area contributed by atoms with Crippen molar-refractivity contribution in [2.45, 2.75) is 37.8 Å². The highest BCUT2D eigenvalue weighted by atomic mass is 32.2. The molecule has 1 atom stereocenters. The summed E-state index contributed by atoms with van der Waals surface area (Å²) in [5, 5.41) is 10.7. The van der Waals surface area contributed by atoms with Crippen molar-refractivity contribution in [3.05, 3.63) is 65.7 Å². The van der Waals surface area contributed by atoms with Crippen molar-refractivity contribution < 1.29 is 9.90 Å². The fraction of sp³-hybridized carbons (Fsp3) is 0.318. The first kappa shape index (κ1) is 20.1. The second kappa shape index (κ2) is 9.48. The first-order valence-corrected chi connectivity index (χ1v) is 9.86. The molecule has 0 aliphatic heterocycles. The van der Waals surface area contributed by atoms with Gasteiger partial charge in [0.1, 0.15) is 5.75 Å². The van der Waals surface area contributed by atoms with E-state index in [1.54, 1.807) is 28.8 Å². The average Bonchev–Trinajstić information content (AvgIpc) is 2.65. The van der Waals surface area contributed by atoms with Gasteiger partial charge in [-0.3, -0.25) is 4.79 Å². The summed E-state index contributed by atoms with van der Waals surface area (Å²) in [4.78, 5) is 14.8. The molecule has 0 saturated carbocycles. The maximum absolute atomic E-state index is 12.2. The number of rotatable bonds is 7. The lowest BCUT2D eigenvalue weighted by molar-refractivity contribution is -0.125. The van der Waals surface area contributed by atoms with Crippen molar-refractivity contribution in [1.29, 1.82) is 0 Å². The highest BCUT2D eigenvalue weighted by molar-refractivity contribution is 7.99. The molecule has 0 radical (unpaired) electrons. The lowest BCUT2D eigenvalue weighted by atomic mass is 10.1. The fourth-order valence-electron chi connectivity index (χ4n) is 2.74. The van der Waals surface area contributed by atoms with E-state index in [0.29, 0.717) is 13.1 Å². The Hall–Kier alpha value is -2.20. The van der Waals surface area contributed by atoms with E-state index in [1.807, 2.05) is 51.1 Å². The second-order valence-electron chi connectivity index (χ2n) is 6.19. The predicted molar refractivity (Wildman–Crippen MR) is 110 cm³/mol. The number of aromatic hydroxyl groups is 1. The van der Waals surface area contributed by atoms with Gasteiger partial charge in [-0.05, 0) is 56.5 Å². The minimum absolute atomic E-state index is 0.00291. The standard InChI is InChI=1S/C22H27NO2S/c1-5-23(6-2)22(25)14-16(3)19-12-13-21(20(24)15-19)26-17(4)18-10-8-7-9-11-18/h7-15,17,24H,5-6H2,1-4H3. The van der Waals surface area contributed by atoms with E-state index in [0.717, 1.165) is 16.0 Å². The van der Waals surface area contributed by atoms with Gasteiger partial charge in [-0.15, -0.1) is 11.8 Å². The monoisotopic (exact) mass is 369 g/mol. The molecular weight excluding hydrogens is 342 g/mol. The van der Waals surface area contributed by atoms with Gasteiger partial charge in [-0.2, -0.15) is 0 Å². The molecule has 0 aromatic heterocycles. The maximum atomic E-state index is 12.2. The molecule has 0 heterocycles. The highest BCUT2D eigenvalue weighted by Crippen LogP contribution is 2.40. The van der Waals surface area contributed by atoms with Crippen molar-refractivity contribution in [2.24, 2.45) is 0 Å². The van der Waals surface area contributed by atoms with Gasteiger partial charge in [0.2, 0.25) is 5.91 Å². The van der Waals surface area contributed by atoms with E-state index >= 15 is 0 Å². The van der Waals surface area contributed by atoms with Crippen LogP contribution >= 0.6 is 11.8 Å². The van der Waals surface area contributed by atoms with Gasteiger partial charge in [0, 0.05) is 29.3 Å². The number of phenols is 1. The average molecular weight is 370 g/mol. The molecule has 4 heteroatoms. The van der Waals surface area contributed by atoms with Gasteiger partial charge in [0.15, 0.2) is 0 Å². The summed E-state index contributed by atoms with van der Waals surface area (Å²) in [5.74, 6) is 0.251. The van der Waals surface area contributed by atoms with Crippen LogP contribution in [0.15, 0.2) is 59.5 Å². The van der Waals surface area contributed by atoms with Crippen LogP contribution in [0.3, 0.4) is 0 Å². The zero-order valence-electron chi connectivity index (χ0n) is 15.9. The quantitative estimate of drug-likeness (QED) is 0.516.